The van der Waals surface area contributed by atoms with Gasteiger partial charge >= 0.3 is 0 Å². The van der Waals surface area contributed by atoms with Crippen LogP contribution in [0.15, 0.2) is 0 Å². The molecule has 0 spiro atoms. The third-order valence-corrected chi connectivity index (χ3v) is 6.73. The molecule has 2 aliphatic heterocycles. The van der Waals surface area contributed by atoms with Crippen LogP contribution in [0.2, 0.25) is 0 Å². The molecule has 2 saturated heterocycles. The Hall–Kier alpha value is -0.0800. The minimum absolute atomic E-state index is 1.37. The molecule has 0 aromatic rings. The summed E-state index contributed by atoms with van der Waals surface area (Å²) in [6, 6.07) is 0. The molecule has 0 saturated carbocycles. The summed E-state index contributed by atoms with van der Waals surface area (Å²) < 4.78 is 2.86. The molecule has 0 radical (unpaired) electrons. The van der Waals surface area contributed by atoms with E-state index in [4.69, 9.17) is 0 Å². The van der Waals surface area contributed by atoms with E-state index in [0.29, 0.717) is 0 Å². The molecule has 2 aliphatic rings. The van der Waals surface area contributed by atoms with Crippen LogP contribution in [0, 0.1) is 0 Å². The fraction of sp³-hybridized carbons (Fsp3) is 1.00. The Bertz CT molecular complexity index is 301. The van der Waals surface area contributed by atoms with Gasteiger partial charge in [0, 0.05) is 25.7 Å². The average Bonchev–Trinajstić information content (AvgIpc) is 3.18. The van der Waals surface area contributed by atoms with E-state index in [1.54, 1.807) is 0 Å². The quantitative estimate of drug-likeness (QED) is 0.351. The maximum absolute atomic E-state index is 2.48. The molecule has 0 N–H and O–H groups in total. The predicted octanol–water partition coefficient (Wildman–Crippen LogP) is 4.98. The van der Waals surface area contributed by atoms with E-state index >= 15 is 0 Å². The van der Waals surface area contributed by atoms with Gasteiger partial charge in [-0.05, 0) is 38.5 Å². The molecule has 2 heterocycles. The Kier molecular flexibility index (Phi) is 8.40. The van der Waals surface area contributed by atoms with E-state index in [9.17, 15) is 0 Å². The predicted molar refractivity (Wildman–Crippen MR) is 102 cm³/mol. The minimum Gasteiger partial charge on any atom is -0.326 e. The number of rotatable bonds is 12. The Morgan fingerprint density at radius 2 is 1.04 bits per heavy atom. The maximum Gasteiger partial charge on any atom is 0.0788 e. The topological polar surface area (TPSA) is 0 Å². The lowest BCUT2D eigenvalue weighted by atomic mass is 10.1. The van der Waals surface area contributed by atoms with Gasteiger partial charge in [0.15, 0.2) is 0 Å². The molecule has 0 bridgehead atoms. The van der Waals surface area contributed by atoms with Gasteiger partial charge < -0.3 is 8.97 Å². The van der Waals surface area contributed by atoms with Crippen LogP contribution in [-0.4, -0.2) is 61.8 Å². The van der Waals surface area contributed by atoms with E-state index in [-0.39, 0.29) is 0 Å². The third kappa shape index (κ3) is 6.74. The normalized spacial score (nSPS) is 22.7. The summed E-state index contributed by atoms with van der Waals surface area (Å²) in [5.41, 5.74) is 0. The second-order valence-electron chi connectivity index (χ2n) is 8.92. The van der Waals surface area contributed by atoms with E-state index in [1.165, 1.54) is 132 Å². The van der Waals surface area contributed by atoms with Crippen LogP contribution in [0.1, 0.15) is 84.0 Å². The first-order chi connectivity index (χ1) is 11.2. The largest absolute Gasteiger partial charge is 0.326 e. The number of unbranched alkanes of at least 4 members (excludes halogenated alkanes) is 6. The number of nitrogens with zero attached hydrogens (tertiary/aromatic N) is 2. The van der Waals surface area contributed by atoms with Crippen molar-refractivity contribution < 1.29 is 8.97 Å². The molecule has 0 unspecified atom stereocenters. The fourth-order valence-corrected chi connectivity index (χ4v) is 5.06. The van der Waals surface area contributed by atoms with Crippen LogP contribution >= 0.6 is 0 Å². The van der Waals surface area contributed by atoms with Gasteiger partial charge in [-0.3, -0.25) is 0 Å². The van der Waals surface area contributed by atoms with Crippen molar-refractivity contribution in [3.63, 3.8) is 0 Å². The Morgan fingerprint density at radius 1 is 0.565 bits per heavy atom. The molecule has 2 rings (SSSR count). The van der Waals surface area contributed by atoms with Crippen molar-refractivity contribution in [1.82, 2.24) is 0 Å². The minimum atomic E-state index is 1.37. The lowest BCUT2D eigenvalue weighted by molar-refractivity contribution is -0.917. The van der Waals surface area contributed by atoms with E-state index in [2.05, 4.69) is 14.0 Å². The molecule has 0 amide bonds. The average molecular weight is 325 g/mol. The van der Waals surface area contributed by atoms with Crippen LogP contribution < -0.4 is 0 Å². The zero-order valence-electron chi connectivity index (χ0n) is 16.3. The van der Waals surface area contributed by atoms with E-state index in [0.717, 1.165) is 0 Å². The fourth-order valence-electron chi connectivity index (χ4n) is 5.06. The highest BCUT2D eigenvalue weighted by atomic mass is 15.4. The zero-order chi connectivity index (χ0) is 16.4. The van der Waals surface area contributed by atoms with Crippen LogP contribution in [-0.2, 0) is 0 Å². The molecular formula is C21H44N2+2. The molecule has 0 aromatic carbocycles. The van der Waals surface area contributed by atoms with Crippen molar-refractivity contribution in [2.75, 3.05) is 52.9 Å². The molecule has 2 nitrogen and oxygen atoms in total. The van der Waals surface area contributed by atoms with Crippen molar-refractivity contribution in [3.05, 3.63) is 0 Å². The Labute approximate surface area is 146 Å². The number of hydrogen-bond acceptors (Lipinski definition) is 0. The molecular weight excluding hydrogens is 280 g/mol. The van der Waals surface area contributed by atoms with Gasteiger partial charge in [-0.25, -0.2) is 0 Å². The van der Waals surface area contributed by atoms with Crippen LogP contribution in [0.5, 0.6) is 0 Å². The summed E-state index contributed by atoms with van der Waals surface area (Å²) in [6.45, 7) is 12.6. The lowest BCUT2D eigenvalue weighted by Crippen LogP contribution is -2.46. The standard InChI is InChI=1S/C21H44N2/c1-3-4-5-9-18-23(20-13-14-21-23)19-10-7-6-8-15-22(2)16-11-12-17-22/h3-21H2,1-2H3/q+2. The molecule has 0 aliphatic carbocycles. The van der Waals surface area contributed by atoms with Crippen molar-refractivity contribution in [2.24, 2.45) is 0 Å². The summed E-state index contributed by atoms with van der Waals surface area (Å²) >= 11 is 0. The van der Waals surface area contributed by atoms with Crippen molar-refractivity contribution >= 4 is 0 Å². The second kappa shape index (κ2) is 10.0. The maximum atomic E-state index is 2.48. The van der Waals surface area contributed by atoms with Gasteiger partial charge in [0.25, 0.3) is 0 Å². The molecule has 2 heteroatoms. The summed E-state index contributed by atoms with van der Waals surface area (Å²) in [6.07, 6.45) is 17.6. The summed E-state index contributed by atoms with van der Waals surface area (Å²) in [5.74, 6) is 0. The van der Waals surface area contributed by atoms with Gasteiger partial charge in [-0.2, -0.15) is 0 Å². The molecule has 0 aromatic heterocycles. The van der Waals surface area contributed by atoms with Gasteiger partial charge in [0.05, 0.1) is 52.9 Å². The van der Waals surface area contributed by atoms with Crippen molar-refractivity contribution in [2.45, 2.75) is 84.0 Å². The third-order valence-electron chi connectivity index (χ3n) is 6.73. The summed E-state index contributed by atoms with van der Waals surface area (Å²) in [5, 5.41) is 0. The second-order valence-corrected chi connectivity index (χ2v) is 8.92. The first-order valence-corrected chi connectivity index (χ1v) is 10.9. The highest BCUT2D eigenvalue weighted by Gasteiger charge is 2.30. The van der Waals surface area contributed by atoms with Crippen LogP contribution in [0.25, 0.3) is 0 Å². The van der Waals surface area contributed by atoms with Gasteiger partial charge in [0.2, 0.25) is 0 Å². The SMILES string of the molecule is CCCCCC[N+]1(CCCCCC[N+]2(C)CCCC2)CCCC1. The smallest absolute Gasteiger partial charge is 0.0788 e. The van der Waals surface area contributed by atoms with E-state index in [1.807, 2.05) is 0 Å². The molecule has 23 heavy (non-hydrogen) atoms. The van der Waals surface area contributed by atoms with Gasteiger partial charge in [-0.15, -0.1) is 0 Å². The van der Waals surface area contributed by atoms with Gasteiger partial charge in [-0.1, -0.05) is 19.8 Å². The number of likely N-dealkylation sites (tertiary alicyclic amines) is 2. The van der Waals surface area contributed by atoms with Crippen LogP contribution in [0.4, 0.5) is 0 Å². The number of hydrogen-bond donors (Lipinski definition) is 0. The van der Waals surface area contributed by atoms with Crippen molar-refractivity contribution in [3.8, 4) is 0 Å². The lowest BCUT2D eigenvalue weighted by Gasteiger charge is -2.34. The van der Waals surface area contributed by atoms with Crippen LogP contribution in [0.3, 0.4) is 0 Å². The molecule has 2 fully saturated rings. The monoisotopic (exact) mass is 324 g/mol. The van der Waals surface area contributed by atoms with Crippen molar-refractivity contribution in [1.29, 1.82) is 0 Å². The Balaban J connectivity index is 1.55. The highest BCUT2D eigenvalue weighted by molar-refractivity contribution is 4.57. The summed E-state index contributed by atoms with van der Waals surface area (Å²) in [7, 11) is 2.48. The zero-order valence-corrected chi connectivity index (χ0v) is 16.3. The summed E-state index contributed by atoms with van der Waals surface area (Å²) in [4.78, 5) is 0. The number of quaternary nitrogens is 2. The highest BCUT2D eigenvalue weighted by Crippen LogP contribution is 2.23. The van der Waals surface area contributed by atoms with Gasteiger partial charge in [0.1, 0.15) is 0 Å². The molecule has 136 valence electrons. The van der Waals surface area contributed by atoms with E-state index < -0.39 is 0 Å². The molecule has 0 atom stereocenters. The first-order valence-electron chi connectivity index (χ1n) is 10.9. The first kappa shape index (κ1) is 19.2. The Morgan fingerprint density at radius 3 is 1.61 bits per heavy atom.